The minimum Gasteiger partial charge on any atom is -0.309 e. The van der Waals surface area contributed by atoms with Crippen molar-refractivity contribution >= 4 is 22.8 Å². The first-order chi connectivity index (χ1) is 17.9. The first kappa shape index (κ1) is 23.8. The van der Waals surface area contributed by atoms with Crippen molar-refractivity contribution in [3.05, 3.63) is 78.4 Å². The fourth-order valence-corrected chi connectivity index (χ4v) is 3.79. The molecule has 37 heavy (non-hydrogen) atoms. The van der Waals surface area contributed by atoms with E-state index in [0.717, 1.165) is 33.5 Å². The number of fused-ring (bicyclic) bond motifs is 1. The first-order valence-electron chi connectivity index (χ1n) is 11.7. The Morgan fingerprint density at radius 3 is 2.62 bits per heavy atom. The third-order valence-corrected chi connectivity index (χ3v) is 5.92. The van der Waals surface area contributed by atoms with Crippen LogP contribution in [0.25, 0.3) is 28.0 Å². The standard InChI is InChI=1S/C27H25N9O/c1-17-14-36(16-31-17)22-9-6-19(7-10-22)5-8-21-11-20(12-24(33-21)34-27(37)18(2)28-3)25-26-23(29-15-30-25)13-32-35(26)4/h6-7,9-16,18,28H,1-4H3,(H,33,34,37)/t18-/m1/s1. The molecule has 0 aliphatic carbocycles. The molecule has 2 N–H and O–H groups in total. The van der Waals surface area contributed by atoms with Crippen LogP contribution in [0.15, 0.2) is 61.4 Å². The van der Waals surface area contributed by atoms with Gasteiger partial charge in [-0.3, -0.25) is 9.48 Å². The number of carbonyl (C=O) groups excluding carboxylic acids is 1. The van der Waals surface area contributed by atoms with E-state index in [-0.39, 0.29) is 11.9 Å². The SMILES string of the molecule is CN[C@H](C)C(=O)Nc1cc(-c2ncnc3cnn(C)c23)cc(C#Cc2ccc(-n3cnc(C)c3)cc2)n1. The van der Waals surface area contributed by atoms with Crippen LogP contribution in [-0.4, -0.2) is 53.3 Å². The second-order valence-electron chi connectivity index (χ2n) is 8.57. The summed E-state index contributed by atoms with van der Waals surface area (Å²) in [7, 11) is 3.56. The van der Waals surface area contributed by atoms with Crippen molar-refractivity contribution in [2.45, 2.75) is 19.9 Å². The zero-order valence-corrected chi connectivity index (χ0v) is 20.9. The fourth-order valence-electron chi connectivity index (χ4n) is 3.79. The molecule has 0 unspecified atom stereocenters. The van der Waals surface area contributed by atoms with Crippen LogP contribution in [0.5, 0.6) is 0 Å². The number of likely N-dealkylation sites (N-methyl/N-ethyl adjacent to an activating group) is 1. The van der Waals surface area contributed by atoms with Gasteiger partial charge in [0, 0.05) is 30.1 Å². The number of pyridine rings is 1. The number of imidazole rings is 1. The Morgan fingerprint density at radius 2 is 1.89 bits per heavy atom. The van der Waals surface area contributed by atoms with Crippen molar-refractivity contribution in [2.75, 3.05) is 12.4 Å². The van der Waals surface area contributed by atoms with E-state index in [0.29, 0.717) is 17.2 Å². The van der Waals surface area contributed by atoms with Gasteiger partial charge in [-0.05, 0) is 63.2 Å². The predicted molar refractivity (Wildman–Crippen MR) is 141 cm³/mol. The molecule has 4 heterocycles. The van der Waals surface area contributed by atoms with Gasteiger partial charge in [-0.25, -0.2) is 19.9 Å². The van der Waals surface area contributed by atoms with Crippen molar-refractivity contribution in [3.63, 3.8) is 0 Å². The van der Waals surface area contributed by atoms with Gasteiger partial charge in [-0.1, -0.05) is 5.92 Å². The highest BCUT2D eigenvalue weighted by atomic mass is 16.2. The lowest BCUT2D eigenvalue weighted by molar-refractivity contribution is -0.117. The number of benzene rings is 1. The number of aryl methyl sites for hydroxylation is 2. The molecule has 0 spiro atoms. The zero-order chi connectivity index (χ0) is 25.9. The molecule has 184 valence electrons. The number of amides is 1. The van der Waals surface area contributed by atoms with Crippen LogP contribution in [0.4, 0.5) is 5.82 Å². The number of anilines is 1. The smallest absolute Gasteiger partial charge is 0.242 e. The number of nitrogens with zero attached hydrogens (tertiary/aromatic N) is 7. The highest BCUT2D eigenvalue weighted by Gasteiger charge is 2.16. The molecule has 0 fully saturated rings. The van der Waals surface area contributed by atoms with Crippen LogP contribution in [0.2, 0.25) is 0 Å². The lowest BCUT2D eigenvalue weighted by atomic mass is 10.1. The van der Waals surface area contributed by atoms with E-state index in [2.05, 4.69) is 47.5 Å². The van der Waals surface area contributed by atoms with E-state index in [9.17, 15) is 4.79 Å². The zero-order valence-electron chi connectivity index (χ0n) is 20.9. The lowest BCUT2D eigenvalue weighted by Gasteiger charge is -2.12. The van der Waals surface area contributed by atoms with Crippen LogP contribution >= 0.6 is 0 Å². The molecule has 1 aromatic carbocycles. The summed E-state index contributed by atoms with van der Waals surface area (Å²) in [6.45, 7) is 3.73. The van der Waals surface area contributed by atoms with Gasteiger partial charge in [-0.2, -0.15) is 5.10 Å². The van der Waals surface area contributed by atoms with Gasteiger partial charge < -0.3 is 15.2 Å². The van der Waals surface area contributed by atoms with Crippen LogP contribution in [0.3, 0.4) is 0 Å². The molecular formula is C27H25N9O. The maximum Gasteiger partial charge on any atom is 0.242 e. The third-order valence-electron chi connectivity index (χ3n) is 5.92. The molecule has 5 aromatic rings. The van der Waals surface area contributed by atoms with E-state index in [1.165, 1.54) is 6.33 Å². The second-order valence-corrected chi connectivity index (χ2v) is 8.57. The number of rotatable bonds is 5. The maximum absolute atomic E-state index is 12.6. The number of hydrogen-bond acceptors (Lipinski definition) is 7. The molecule has 0 aliphatic heterocycles. The summed E-state index contributed by atoms with van der Waals surface area (Å²) < 4.78 is 3.68. The first-order valence-corrected chi connectivity index (χ1v) is 11.7. The van der Waals surface area contributed by atoms with Crippen molar-refractivity contribution in [1.82, 2.24) is 39.6 Å². The van der Waals surface area contributed by atoms with Crippen LogP contribution in [-0.2, 0) is 11.8 Å². The number of hydrogen-bond donors (Lipinski definition) is 2. The maximum atomic E-state index is 12.6. The summed E-state index contributed by atoms with van der Waals surface area (Å²) in [6.07, 6.45) is 6.93. The molecule has 10 nitrogen and oxygen atoms in total. The number of aromatic nitrogens is 7. The molecular weight excluding hydrogens is 466 g/mol. The summed E-state index contributed by atoms with van der Waals surface area (Å²) in [5, 5.41) is 10.1. The second kappa shape index (κ2) is 10.0. The summed E-state index contributed by atoms with van der Waals surface area (Å²) in [4.78, 5) is 30.2. The molecule has 1 atom stereocenters. The lowest BCUT2D eigenvalue weighted by Crippen LogP contribution is -2.35. The van der Waals surface area contributed by atoms with Gasteiger partial charge in [0.05, 0.1) is 30.0 Å². The Hall–Kier alpha value is -4.88. The monoisotopic (exact) mass is 491 g/mol. The highest BCUT2D eigenvalue weighted by Crippen LogP contribution is 2.27. The summed E-state index contributed by atoms with van der Waals surface area (Å²) in [5.41, 5.74) is 6.19. The van der Waals surface area contributed by atoms with Gasteiger partial charge in [0.25, 0.3) is 0 Å². The summed E-state index contributed by atoms with van der Waals surface area (Å²) in [5.74, 6) is 6.48. The van der Waals surface area contributed by atoms with Crippen LogP contribution in [0.1, 0.15) is 23.9 Å². The predicted octanol–water partition coefficient (Wildman–Crippen LogP) is 2.87. The molecule has 0 aliphatic rings. The van der Waals surface area contributed by atoms with Crippen molar-refractivity contribution in [3.8, 4) is 28.8 Å². The summed E-state index contributed by atoms with van der Waals surface area (Å²) >= 11 is 0. The summed E-state index contributed by atoms with van der Waals surface area (Å²) in [6, 6.07) is 11.1. The van der Waals surface area contributed by atoms with E-state index in [4.69, 9.17) is 0 Å². The van der Waals surface area contributed by atoms with Gasteiger partial charge in [0.1, 0.15) is 28.9 Å². The van der Waals surface area contributed by atoms with Crippen molar-refractivity contribution in [1.29, 1.82) is 0 Å². The van der Waals surface area contributed by atoms with Crippen molar-refractivity contribution in [2.24, 2.45) is 7.05 Å². The molecule has 5 rings (SSSR count). The Morgan fingerprint density at radius 1 is 1.08 bits per heavy atom. The number of carbonyl (C=O) groups is 1. The molecule has 4 aromatic heterocycles. The van der Waals surface area contributed by atoms with E-state index >= 15 is 0 Å². The number of nitrogens with one attached hydrogen (secondary N) is 2. The van der Waals surface area contributed by atoms with Crippen molar-refractivity contribution < 1.29 is 4.79 Å². The largest absolute Gasteiger partial charge is 0.309 e. The Labute approximate surface area is 213 Å². The molecule has 0 saturated carbocycles. The molecule has 0 saturated heterocycles. The van der Waals surface area contributed by atoms with Crippen LogP contribution in [0, 0.1) is 18.8 Å². The average molecular weight is 492 g/mol. The fraction of sp³-hybridized carbons (Fsp3) is 0.185. The molecule has 1 amide bonds. The van der Waals surface area contributed by atoms with Crippen LogP contribution < -0.4 is 10.6 Å². The molecule has 0 bridgehead atoms. The third kappa shape index (κ3) is 5.07. The molecule has 10 heteroatoms. The Kier molecular flexibility index (Phi) is 6.45. The minimum atomic E-state index is -0.388. The minimum absolute atomic E-state index is 0.204. The van der Waals surface area contributed by atoms with Gasteiger partial charge in [0.15, 0.2) is 0 Å². The van der Waals surface area contributed by atoms with Gasteiger partial charge in [0.2, 0.25) is 5.91 Å². The average Bonchev–Trinajstić information content (AvgIpc) is 3.52. The topological polar surface area (TPSA) is 115 Å². The highest BCUT2D eigenvalue weighted by molar-refractivity contribution is 5.95. The Balaban J connectivity index is 1.53. The van der Waals surface area contributed by atoms with E-state index in [1.807, 2.05) is 55.1 Å². The normalized spacial score (nSPS) is 11.7. The van der Waals surface area contributed by atoms with Gasteiger partial charge >= 0.3 is 0 Å². The molecule has 0 radical (unpaired) electrons. The van der Waals surface area contributed by atoms with E-state index in [1.54, 1.807) is 37.2 Å². The van der Waals surface area contributed by atoms with Gasteiger partial charge in [-0.15, -0.1) is 0 Å². The van der Waals surface area contributed by atoms with E-state index < -0.39 is 0 Å². The quantitative estimate of drug-likeness (QED) is 0.363. The Bertz CT molecular complexity index is 1660.